The molecule has 1 aromatic carbocycles. The Kier molecular flexibility index (Phi) is 5.17. The molecule has 1 amide bonds. The number of carbonyl (C=O) groups is 1. The number of thiazole rings is 1. The smallest absolute Gasteiger partial charge is 0.229 e. The van der Waals surface area contributed by atoms with Gasteiger partial charge in [-0.15, -0.1) is 17.9 Å². The highest BCUT2D eigenvalue weighted by atomic mass is 35.5. The van der Waals surface area contributed by atoms with Crippen molar-refractivity contribution in [2.45, 2.75) is 12.8 Å². The lowest BCUT2D eigenvalue weighted by Gasteiger charge is -2.03. The third-order valence-electron chi connectivity index (χ3n) is 2.53. The summed E-state index contributed by atoms with van der Waals surface area (Å²) in [6.07, 6.45) is 4.18. The number of nitrogens with one attached hydrogen (secondary N) is 1. The summed E-state index contributed by atoms with van der Waals surface area (Å²) < 4.78 is 0. The Labute approximate surface area is 131 Å². The lowest BCUT2D eigenvalue weighted by Crippen LogP contribution is -2.09. The molecule has 1 aromatic heterocycles. The van der Waals surface area contributed by atoms with Gasteiger partial charge in [0.05, 0.1) is 10.0 Å². The van der Waals surface area contributed by atoms with Crippen LogP contribution in [-0.4, -0.2) is 10.9 Å². The van der Waals surface area contributed by atoms with Crippen molar-refractivity contribution in [3.8, 4) is 0 Å². The average molecular weight is 327 g/mol. The summed E-state index contributed by atoms with van der Waals surface area (Å²) >= 11 is 13.5. The van der Waals surface area contributed by atoms with E-state index in [-0.39, 0.29) is 12.3 Å². The number of hydrogen-bond donors (Lipinski definition) is 1. The lowest BCUT2D eigenvalue weighted by atomic mass is 10.1. The first-order chi connectivity index (χ1) is 9.60. The quantitative estimate of drug-likeness (QED) is 0.818. The van der Waals surface area contributed by atoms with E-state index in [1.165, 1.54) is 11.3 Å². The third-order valence-corrected chi connectivity index (χ3v) is 4.30. The molecule has 0 spiro atoms. The van der Waals surface area contributed by atoms with Crippen LogP contribution in [0.25, 0.3) is 0 Å². The summed E-state index contributed by atoms with van der Waals surface area (Å²) in [7, 11) is 0. The molecule has 0 atom stereocenters. The molecule has 0 bridgehead atoms. The maximum absolute atomic E-state index is 11.4. The zero-order chi connectivity index (χ0) is 14.5. The van der Waals surface area contributed by atoms with E-state index in [0.717, 1.165) is 10.4 Å². The van der Waals surface area contributed by atoms with Gasteiger partial charge in [-0.3, -0.25) is 4.79 Å². The molecule has 0 aliphatic carbocycles. The van der Waals surface area contributed by atoms with Crippen molar-refractivity contribution >= 4 is 45.6 Å². The summed E-state index contributed by atoms with van der Waals surface area (Å²) in [5.41, 5.74) is 0.937. The largest absolute Gasteiger partial charge is 0.302 e. The Morgan fingerprint density at radius 3 is 3.00 bits per heavy atom. The lowest BCUT2D eigenvalue weighted by molar-refractivity contribution is -0.115. The Balaban J connectivity index is 2.08. The van der Waals surface area contributed by atoms with E-state index in [1.807, 2.05) is 12.1 Å². The first-order valence-electron chi connectivity index (χ1n) is 5.88. The van der Waals surface area contributed by atoms with Gasteiger partial charge >= 0.3 is 0 Å². The topological polar surface area (TPSA) is 42.0 Å². The minimum Gasteiger partial charge on any atom is -0.302 e. The van der Waals surface area contributed by atoms with Gasteiger partial charge in [0.25, 0.3) is 0 Å². The number of aromatic nitrogens is 1. The average Bonchev–Trinajstić information content (AvgIpc) is 2.82. The second-order valence-corrected chi connectivity index (χ2v) is 5.96. The number of benzene rings is 1. The molecule has 0 saturated heterocycles. The molecule has 104 valence electrons. The number of amides is 1. The highest BCUT2D eigenvalue weighted by Gasteiger charge is 2.09. The first-order valence-corrected chi connectivity index (χ1v) is 7.45. The van der Waals surface area contributed by atoms with Crippen molar-refractivity contribution in [3.63, 3.8) is 0 Å². The van der Waals surface area contributed by atoms with E-state index < -0.39 is 0 Å². The summed E-state index contributed by atoms with van der Waals surface area (Å²) in [5, 5.41) is 4.38. The molecule has 2 aromatic rings. The van der Waals surface area contributed by atoms with Crippen LogP contribution in [0.4, 0.5) is 5.13 Å². The molecule has 1 N–H and O–H groups in total. The fourth-order valence-corrected chi connectivity index (χ4v) is 2.86. The number of hydrogen-bond acceptors (Lipinski definition) is 3. The van der Waals surface area contributed by atoms with Gasteiger partial charge in [0.1, 0.15) is 0 Å². The van der Waals surface area contributed by atoms with Gasteiger partial charge in [0.15, 0.2) is 5.13 Å². The third kappa shape index (κ3) is 3.82. The van der Waals surface area contributed by atoms with E-state index in [4.69, 9.17) is 23.2 Å². The van der Waals surface area contributed by atoms with Crippen LogP contribution < -0.4 is 5.32 Å². The molecule has 0 fully saturated rings. The standard InChI is InChI=1S/C14H12Cl2N2OS/c1-2-4-12(19)18-14-17-8-10(20-14)7-9-5-3-6-11(15)13(9)16/h2-3,5-6,8H,1,4,7H2,(H,17,18,19). The van der Waals surface area contributed by atoms with Crippen LogP contribution in [0.15, 0.2) is 37.1 Å². The Hall–Kier alpha value is -1.36. The molecule has 0 aliphatic heterocycles. The summed E-state index contributed by atoms with van der Waals surface area (Å²) in [4.78, 5) is 16.6. The van der Waals surface area contributed by atoms with Gasteiger partial charge < -0.3 is 5.32 Å². The Morgan fingerprint density at radius 2 is 2.25 bits per heavy atom. The van der Waals surface area contributed by atoms with Crippen LogP contribution >= 0.6 is 34.5 Å². The number of carbonyl (C=O) groups excluding carboxylic acids is 1. The van der Waals surface area contributed by atoms with Crippen LogP contribution in [0.3, 0.4) is 0 Å². The van der Waals surface area contributed by atoms with Crippen LogP contribution in [0.1, 0.15) is 16.9 Å². The monoisotopic (exact) mass is 326 g/mol. The van der Waals surface area contributed by atoms with Crippen molar-refractivity contribution in [2.75, 3.05) is 5.32 Å². The van der Waals surface area contributed by atoms with Crippen molar-refractivity contribution < 1.29 is 4.79 Å². The maximum atomic E-state index is 11.4. The number of rotatable bonds is 5. The number of halogens is 2. The van der Waals surface area contributed by atoms with E-state index in [1.54, 1.807) is 18.3 Å². The van der Waals surface area contributed by atoms with E-state index >= 15 is 0 Å². The molecule has 6 heteroatoms. The second-order valence-electron chi connectivity index (χ2n) is 4.06. The van der Waals surface area contributed by atoms with Gasteiger partial charge in [-0.05, 0) is 11.6 Å². The second kappa shape index (κ2) is 6.88. The Morgan fingerprint density at radius 1 is 1.45 bits per heavy atom. The predicted molar refractivity (Wildman–Crippen MR) is 84.8 cm³/mol. The fourth-order valence-electron chi connectivity index (χ4n) is 1.62. The van der Waals surface area contributed by atoms with Gasteiger partial charge in [0.2, 0.25) is 5.91 Å². The maximum Gasteiger partial charge on any atom is 0.229 e. The molecule has 20 heavy (non-hydrogen) atoms. The fraction of sp³-hybridized carbons (Fsp3) is 0.143. The predicted octanol–water partition coefficient (Wildman–Crippen LogP) is 4.56. The molecule has 1 heterocycles. The molecule has 0 unspecified atom stereocenters. The number of nitrogens with zero attached hydrogens (tertiary/aromatic N) is 1. The summed E-state index contributed by atoms with van der Waals surface area (Å²) in [5.74, 6) is -0.123. The highest BCUT2D eigenvalue weighted by Crippen LogP contribution is 2.29. The highest BCUT2D eigenvalue weighted by molar-refractivity contribution is 7.15. The molecular formula is C14H12Cl2N2OS. The summed E-state index contributed by atoms with van der Waals surface area (Å²) in [6, 6.07) is 5.53. The molecule has 0 saturated carbocycles. The first kappa shape index (κ1) is 15.0. The van der Waals surface area contributed by atoms with Crippen molar-refractivity contribution in [3.05, 3.63) is 57.5 Å². The van der Waals surface area contributed by atoms with Crippen LogP contribution in [0.2, 0.25) is 10.0 Å². The van der Waals surface area contributed by atoms with Gasteiger partial charge in [0, 0.05) is 23.9 Å². The Bertz CT molecular complexity index is 640. The van der Waals surface area contributed by atoms with Gasteiger partial charge in [-0.2, -0.15) is 0 Å². The van der Waals surface area contributed by atoms with Crippen LogP contribution in [0, 0.1) is 0 Å². The van der Waals surface area contributed by atoms with E-state index in [2.05, 4.69) is 16.9 Å². The zero-order valence-electron chi connectivity index (χ0n) is 10.5. The molecule has 0 radical (unpaired) electrons. The minimum absolute atomic E-state index is 0.123. The molecule has 0 aliphatic rings. The van der Waals surface area contributed by atoms with Crippen molar-refractivity contribution in [2.24, 2.45) is 0 Å². The minimum atomic E-state index is -0.123. The van der Waals surface area contributed by atoms with E-state index in [0.29, 0.717) is 21.6 Å². The molecular weight excluding hydrogens is 315 g/mol. The van der Waals surface area contributed by atoms with Gasteiger partial charge in [-0.1, -0.05) is 41.4 Å². The normalized spacial score (nSPS) is 10.3. The van der Waals surface area contributed by atoms with E-state index in [9.17, 15) is 4.79 Å². The zero-order valence-corrected chi connectivity index (χ0v) is 12.9. The molecule has 3 nitrogen and oxygen atoms in total. The van der Waals surface area contributed by atoms with Gasteiger partial charge in [-0.25, -0.2) is 4.98 Å². The number of anilines is 1. The van der Waals surface area contributed by atoms with Crippen molar-refractivity contribution in [1.29, 1.82) is 0 Å². The van der Waals surface area contributed by atoms with Crippen LogP contribution in [-0.2, 0) is 11.2 Å². The van der Waals surface area contributed by atoms with Crippen LogP contribution in [0.5, 0.6) is 0 Å². The summed E-state index contributed by atoms with van der Waals surface area (Å²) in [6.45, 7) is 3.52. The SMILES string of the molecule is C=CCC(=O)Nc1ncc(Cc2cccc(Cl)c2Cl)s1. The molecule has 2 rings (SSSR count). The van der Waals surface area contributed by atoms with Crippen molar-refractivity contribution in [1.82, 2.24) is 4.98 Å².